The van der Waals surface area contributed by atoms with Gasteiger partial charge in [-0.3, -0.25) is 14.4 Å². The highest BCUT2D eigenvalue weighted by atomic mass is 16.6. The first-order valence-electron chi connectivity index (χ1n) is 29.4. The number of carbonyl (C=O) groups excluding carboxylic acids is 3. The van der Waals surface area contributed by atoms with Gasteiger partial charge in [0.1, 0.15) is 13.2 Å². The van der Waals surface area contributed by atoms with Crippen molar-refractivity contribution < 1.29 is 28.6 Å². The molecule has 0 rings (SSSR count). The Morgan fingerprint density at radius 1 is 0.282 bits per heavy atom. The summed E-state index contributed by atoms with van der Waals surface area (Å²) in [7, 11) is 0. The lowest BCUT2D eigenvalue weighted by Crippen LogP contribution is -2.30. The molecule has 0 aliphatic heterocycles. The highest BCUT2D eigenvalue weighted by molar-refractivity contribution is 5.71. The summed E-state index contributed by atoms with van der Waals surface area (Å²) in [6.07, 6.45) is 79.4. The van der Waals surface area contributed by atoms with Crippen molar-refractivity contribution in [3.8, 4) is 0 Å². The minimum atomic E-state index is -0.832. The molecule has 0 saturated heterocycles. The monoisotopic (exact) mass is 985 g/mol. The number of unbranched alkanes of at least 4 members (excludes halogenated alkanes) is 23. The van der Waals surface area contributed by atoms with Crippen molar-refractivity contribution in [3.63, 3.8) is 0 Å². The van der Waals surface area contributed by atoms with Crippen LogP contribution < -0.4 is 0 Å². The van der Waals surface area contributed by atoms with Crippen LogP contribution in [0.25, 0.3) is 0 Å². The molecule has 6 heteroatoms. The fourth-order valence-electron chi connectivity index (χ4n) is 7.77. The molecule has 0 aromatic rings. The maximum atomic E-state index is 12.8. The van der Waals surface area contributed by atoms with Crippen molar-refractivity contribution in [2.75, 3.05) is 13.2 Å². The zero-order valence-electron chi connectivity index (χ0n) is 46.2. The Morgan fingerprint density at radius 3 is 0.887 bits per heavy atom. The van der Waals surface area contributed by atoms with Crippen LogP contribution in [0.4, 0.5) is 0 Å². The molecule has 0 saturated carbocycles. The van der Waals surface area contributed by atoms with Crippen molar-refractivity contribution in [1.82, 2.24) is 0 Å². The van der Waals surface area contributed by atoms with Crippen molar-refractivity contribution in [2.24, 2.45) is 0 Å². The van der Waals surface area contributed by atoms with Crippen LogP contribution in [0.2, 0.25) is 0 Å². The van der Waals surface area contributed by atoms with Crippen LogP contribution in [0.1, 0.15) is 265 Å². The highest BCUT2D eigenvalue weighted by Crippen LogP contribution is 2.14. The van der Waals surface area contributed by atoms with Gasteiger partial charge in [-0.15, -0.1) is 0 Å². The molecule has 0 fully saturated rings. The second-order valence-corrected chi connectivity index (χ2v) is 19.2. The van der Waals surface area contributed by atoms with Crippen LogP contribution in [0.5, 0.6) is 0 Å². The SMILES string of the molecule is CCCCC/C=C\C/C=C\C/C=C\C/C=C\CCCC(=O)OC[C@H](COC(=O)CCCCCCCCCCC/C=C\CCCCCCCC)OC(=O)CCC/C=C\C/C=C\C/C=C\C/C=C\CCCCC. The van der Waals surface area contributed by atoms with Crippen molar-refractivity contribution >= 4 is 17.9 Å². The molecule has 0 aliphatic rings. The van der Waals surface area contributed by atoms with E-state index in [9.17, 15) is 14.4 Å². The van der Waals surface area contributed by atoms with E-state index in [1.165, 1.54) is 141 Å². The van der Waals surface area contributed by atoms with E-state index >= 15 is 0 Å². The molecule has 0 aromatic carbocycles. The lowest BCUT2D eigenvalue weighted by Gasteiger charge is -2.18. The van der Waals surface area contributed by atoms with Gasteiger partial charge in [-0.1, -0.05) is 233 Å². The summed E-state index contributed by atoms with van der Waals surface area (Å²) in [4.78, 5) is 38.2. The number of rotatable bonds is 52. The van der Waals surface area contributed by atoms with E-state index in [0.29, 0.717) is 19.3 Å². The third kappa shape index (κ3) is 56.9. The minimum absolute atomic E-state index is 0.119. The van der Waals surface area contributed by atoms with Gasteiger partial charge >= 0.3 is 17.9 Å². The van der Waals surface area contributed by atoms with Crippen molar-refractivity contribution in [2.45, 2.75) is 271 Å². The van der Waals surface area contributed by atoms with Crippen molar-refractivity contribution in [3.05, 3.63) is 109 Å². The Balaban J connectivity index is 4.55. The number of hydrogen-bond donors (Lipinski definition) is 0. The number of ether oxygens (including phenoxy) is 3. The smallest absolute Gasteiger partial charge is 0.306 e. The summed E-state index contributed by atoms with van der Waals surface area (Å²) in [5.41, 5.74) is 0. The third-order valence-corrected chi connectivity index (χ3v) is 12.2. The van der Waals surface area contributed by atoms with Crippen LogP contribution in [0, 0.1) is 0 Å². The molecule has 6 nitrogen and oxygen atoms in total. The van der Waals surface area contributed by atoms with Crippen LogP contribution in [-0.2, 0) is 28.6 Å². The molecule has 71 heavy (non-hydrogen) atoms. The quantitative estimate of drug-likeness (QED) is 0.0261. The Hall–Kier alpha value is -3.93. The Bertz CT molecular complexity index is 1460. The first-order valence-corrected chi connectivity index (χ1v) is 29.4. The summed E-state index contributed by atoms with van der Waals surface area (Å²) in [5, 5.41) is 0. The largest absolute Gasteiger partial charge is 0.462 e. The average Bonchev–Trinajstić information content (AvgIpc) is 3.37. The molecule has 0 bridgehead atoms. The molecular formula is C65H108O6. The first kappa shape index (κ1) is 67.1. The van der Waals surface area contributed by atoms with E-state index in [1.807, 2.05) is 0 Å². The number of hydrogen-bond acceptors (Lipinski definition) is 6. The van der Waals surface area contributed by atoms with Gasteiger partial charge in [0.25, 0.3) is 0 Å². The predicted molar refractivity (Wildman–Crippen MR) is 307 cm³/mol. The molecule has 404 valence electrons. The molecule has 0 amide bonds. The van der Waals surface area contributed by atoms with E-state index in [1.54, 1.807) is 0 Å². The normalized spacial score (nSPS) is 12.9. The topological polar surface area (TPSA) is 78.9 Å². The van der Waals surface area contributed by atoms with Crippen molar-refractivity contribution in [1.29, 1.82) is 0 Å². The number of esters is 3. The van der Waals surface area contributed by atoms with Gasteiger partial charge in [-0.05, 0) is 122 Å². The van der Waals surface area contributed by atoms with Gasteiger partial charge in [-0.25, -0.2) is 0 Å². The Kier molecular flexibility index (Phi) is 55.4. The zero-order chi connectivity index (χ0) is 51.4. The molecule has 0 spiro atoms. The van der Waals surface area contributed by atoms with Crippen LogP contribution in [0.3, 0.4) is 0 Å². The summed E-state index contributed by atoms with van der Waals surface area (Å²) >= 11 is 0. The van der Waals surface area contributed by atoms with E-state index in [0.717, 1.165) is 70.6 Å². The minimum Gasteiger partial charge on any atom is -0.462 e. The lowest BCUT2D eigenvalue weighted by atomic mass is 10.1. The van der Waals surface area contributed by atoms with Gasteiger partial charge in [0.15, 0.2) is 6.10 Å². The summed E-state index contributed by atoms with van der Waals surface area (Å²) in [6.45, 7) is 6.49. The second-order valence-electron chi connectivity index (χ2n) is 19.2. The first-order chi connectivity index (χ1) is 35.0. The van der Waals surface area contributed by atoms with E-state index in [-0.39, 0.29) is 44.0 Å². The zero-order valence-corrected chi connectivity index (χ0v) is 46.2. The van der Waals surface area contributed by atoms with Gasteiger partial charge in [0.2, 0.25) is 0 Å². The maximum absolute atomic E-state index is 12.8. The summed E-state index contributed by atoms with van der Waals surface area (Å²) < 4.78 is 16.8. The third-order valence-electron chi connectivity index (χ3n) is 12.2. The van der Waals surface area contributed by atoms with E-state index in [4.69, 9.17) is 14.2 Å². The fraction of sp³-hybridized carbons (Fsp3) is 0.677. The molecule has 0 N–H and O–H groups in total. The number of carbonyl (C=O) groups is 3. The maximum Gasteiger partial charge on any atom is 0.306 e. The average molecular weight is 986 g/mol. The molecule has 0 unspecified atom stereocenters. The van der Waals surface area contributed by atoms with Gasteiger partial charge in [0.05, 0.1) is 0 Å². The molecule has 0 heterocycles. The molecular weight excluding hydrogens is 877 g/mol. The Labute approximate surface area is 438 Å². The van der Waals surface area contributed by atoms with Gasteiger partial charge in [0, 0.05) is 19.3 Å². The van der Waals surface area contributed by atoms with Gasteiger partial charge < -0.3 is 14.2 Å². The van der Waals surface area contributed by atoms with Crippen LogP contribution in [0.15, 0.2) is 109 Å². The van der Waals surface area contributed by atoms with Crippen LogP contribution >= 0.6 is 0 Å². The fourth-order valence-corrected chi connectivity index (χ4v) is 7.77. The van der Waals surface area contributed by atoms with Gasteiger partial charge in [-0.2, -0.15) is 0 Å². The van der Waals surface area contributed by atoms with Crippen LogP contribution in [-0.4, -0.2) is 37.2 Å². The second kappa shape index (κ2) is 58.6. The molecule has 0 radical (unpaired) electrons. The Morgan fingerprint density at radius 2 is 0.521 bits per heavy atom. The standard InChI is InChI=1S/C65H108O6/c1-4-7-10-13-16-19-22-25-28-31-32-35-37-40-43-46-49-52-55-58-64(67)70-61-62(71-65(68)59-56-53-50-47-44-41-38-34-30-27-24-21-18-15-12-9-6-3)60-69-63(66)57-54-51-48-45-42-39-36-33-29-26-23-20-17-14-11-8-5-2/h17-18,20-21,25-30,36,38-39,41,45,47-48,50,62H,4-16,19,22-24,31-35,37,40,42-44,46,49,51-61H2,1-3H3/b20-17-,21-18-,28-25-,29-26-,30-27-,39-36-,41-38-,48-45-,50-47-/t62-/m1/s1. The molecule has 0 aliphatic carbocycles. The molecule has 0 aromatic heterocycles. The lowest BCUT2D eigenvalue weighted by molar-refractivity contribution is -0.167. The number of allylic oxidation sites excluding steroid dienone is 18. The van der Waals surface area contributed by atoms with E-state index in [2.05, 4.69) is 130 Å². The van der Waals surface area contributed by atoms with E-state index < -0.39 is 6.10 Å². The summed E-state index contributed by atoms with van der Waals surface area (Å²) in [6, 6.07) is 0. The highest BCUT2D eigenvalue weighted by Gasteiger charge is 2.19. The summed E-state index contributed by atoms with van der Waals surface area (Å²) in [5.74, 6) is -1.04. The molecule has 1 atom stereocenters. The predicted octanol–water partition coefficient (Wildman–Crippen LogP) is 19.9.